The summed E-state index contributed by atoms with van der Waals surface area (Å²) >= 11 is 1.34. The van der Waals surface area contributed by atoms with Gasteiger partial charge in [0.05, 0.1) is 0 Å². The summed E-state index contributed by atoms with van der Waals surface area (Å²) in [4.78, 5) is 4.02. The molecule has 0 aliphatic heterocycles. The van der Waals surface area contributed by atoms with Crippen LogP contribution in [-0.4, -0.2) is 15.2 Å². The van der Waals surface area contributed by atoms with Crippen LogP contribution < -0.4 is 5.73 Å². The quantitative estimate of drug-likeness (QED) is 0.746. The zero-order valence-electron chi connectivity index (χ0n) is 6.60. The summed E-state index contributed by atoms with van der Waals surface area (Å²) < 4.78 is 4.80. The molecule has 2 aromatic heterocycles. The van der Waals surface area contributed by atoms with E-state index in [1.165, 1.54) is 11.3 Å². The van der Waals surface area contributed by atoms with Gasteiger partial charge in [-0.15, -0.1) is 11.3 Å². The third-order valence-electron chi connectivity index (χ3n) is 1.50. The Labute approximate surface area is 77.8 Å². The first-order valence-corrected chi connectivity index (χ1v) is 4.45. The standard InChI is InChI=1S/C7H7N3O2S/c8-7-9-6(3-13-7)5-1-4(2-11)12-10-5/h1,3,11H,2H2,(H2,8,9). The van der Waals surface area contributed by atoms with E-state index in [2.05, 4.69) is 10.1 Å². The Balaban J connectivity index is 2.35. The molecule has 0 atom stereocenters. The molecule has 0 saturated heterocycles. The number of anilines is 1. The summed E-state index contributed by atoms with van der Waals surface area (Å²) in [5, 5.41) is 14.7. The second-order valence-electron chi connectivity index (χ2n) is 2.41. The first-order chi connectivity index (χ1) is 6.29. The van der Waals surface area contributed by atoms with Crippen molar-refractivity contribution in [3.8, 4) is 11.4 Å². The minimum atomic E-state index is -0.160. The predicted octanol–water partition coefficient (Wildman–Crippen LogP) is 0.873. The van der Waals surface area contributed by atoms with E-state index in [1.807, 2.05) is 0 Å². The summed E-state index contributed by atoms with van der Waals surface area (Å²) in [5.41, 5.74) is 6.72. The van der Waals surface area contributed by atoms with E-state index in [9.17, 15) is 0 Å². The van der Waals surface area contributed by atoms with Gasteiger partial charge in [0.25, 0.3) is 0 Å². The molecule has 3 N–H and O–H groups in total. The van der Waals surface area contributed by atoms with Crippen molar-refractivity contribution in [3.63, 3.8) is 0 Å². The Morgan fingerprint density at radius 3 is 2.92 bits per heavy atom. The van der Waals surface area contributed by atoms with Gasteiger partial charge >= 0.3 is 0 Å². The molecule has 0 aliphatic rings. The third kappa shape index (κ3) is 1.53. The number of nitrogens with two attached hydrogens (primary N) is 1. The topological polar surface area (TPSA) is 85.2 Å². The lowest BCUT2D eigenvalue weighted by Crippen LogP contribution is -1.82. The molecule has 2 heterocycles. The molecule has 0 bridgehead atoms. The van der Waals surface area contributed by atoms with Crippen LogP contribution in [0.1, 0.15) is 5.76 Å². The van der Waals surface area contributed by atoms with Crippen LogP contribution in [0.25, 0.3) is 11.4 Å². The second kappa shape index (κ2) is 3.15. The largest absolute Gasteiger partial charge is 0.388 e. The van der Waals surface area contributed by atoms with Crippen molar-refractivity contribution in [1.29, 1.82) is 0 Å². The number of thiazole rings is 1. The summed E-state index contributed by atoms with van der Waals surface area (Å²) in [6.07, 6.45) is 0. The molecule has 0 fully saturated rings. The Hall–Kier alpha value is -1.40. The van der Waals surface area contributed by atoms with E-state index in [0.717, 1.165) is 0 Å². The highest BCUT2D eigenvalue weighted by Gasteiger charge is 2.08. The summed E-state index contributed by atoms with van der Waals surface area (Å²) in [6.45, 7) is -0.160. The fourth-order valence-corrected chi connectivity index (χ4v) is 1.47. The molecule has 2 aromatic rings. The molecule has 0 spiro atoms. The molecular weight excluding hydrogens is 190 g/mol. The van der Waals surface area contributed by atoms with Crippen molar-refractivity contribution in [2.45, 2.75) is 6.61 Å². The lowest BCUT2D eigenvalue weighted by atomic mass is 10.3. The SMILES string of the molecule is Nc1nc(-c2cc(CO)on2)cs1. The zero-order chi connectivity index (χ0) is 9.26. The number of hydrogen-bond donors (Lipinski definition) is 2. The molecule has 6 heteroatoms. The number of nitrogen functional groups attached to an aromatic ring is 1. The minimum absolute atomic E-state index is 0.160. The molecule has 0 aromatic carbocycles. The van der Waals surface area contributed by atoms with Crippen molar-refractivity contribution < 1.29 is 9.63 Å². The average Bonchev–Trinajstić information content (AvgIpc) is 2.71. The maximum Gasteiger partial charge on any atom is 0.180 e. The van der Waals surface area contributed by atoms with Crippen molar-refractivity contribution in [2.24, 2.45) is 0 Å². The number of nitrogens with zero attached hydrogens (tertiary/aromatic N) is 2. The van der Waals surface area contributed by atoms with Crippen LogP contribution >= 0.6 is 11.3 Å². The van der Waals surface area contributed by atoms with Crippen LogP contribution in [0.15, 0.2) is 16.0 Å². The van der Waals surface area contributed by atoms with Crippen LogP contribution in [0.3, 0.4) is 0 Å². The van der Waals surface area contributed by atoms with E-state index >= 15 is 0 Å². The van der Waals surface area contributed by atoms with Crippen molar-refractivity contribution >= 4 is 16.5 Å². The van der Waals surface area contributed by atoms with Crippen molar-refractivity contribution in [1.82, 2.24) is 10.1 Å². The monoisotopic (exact) mass is 197 g/mol. The Morgan fingerprint density at radius 2 is 2.38 bits per heavy atom. The van der Waals surface area contributed by atoms with Gasteiger partial charge in [0.1, 0.15) is 18.0 Å². The van der Waals surface area contributed by atoms with Crippen LogP contribution in [0, 0.1) is 0 Å². The highest BCUT2D eigenvalue weighted by Crippen LogP contribution is 2.22. The third-order valence-corrected chi connectivity index (χ3v) is 2.17. The molecule has 0 saturated carbocycles. The summed E-state index contributed by atoms with van der Waals surface area (Å²) in [7, 11) is 0. The van der Waals surface area contributed by atoms with Gasteiger partial charge in [0, 0.05) is 11.4 Å². The highest BCUT2D eigenvalue weighted by atomic mass is 32.1. The van der Waals surface area contributed by atoms with E-state index in [4.69, 9.17) is 15.4 Å². The molecule has 13 heavy (non-hydrogen) atoms. The maximum absolute atomic E-state index is 8.73. The molecule has 2 rings (SSSR count). The molecule has 0 aliphatic carbocycles. The molecule has 5 nitrogen and oxygen atoms in total. The van der Waals surface area contributed by atoms with Crippen LogP contribution in [-0.2, 0) is 6.61 Å². The number of rotatable bonds is 2. The van der Waals surface area contributed by atoms with Gasteiger partial charge in [0.15, 0.2) is 10.9 Å². The van der Waals surface area contributed by atoms with Gasteiger partial charge in [-0.2, -0.15) is 0 Å². The van der Waals surface area contributed by atoms with Crippen LogP contribution in [0.5, 0.6) is 0 Å². The van der Waals surface area contributed by atoms with Gasteiger partial charge in [-0.25, -0.2) is 4.98 Å². The molecular formula is C7H7N3O2S. The zero-order valence-corrected chi connectivity index (χ0v) is 7.41. The first kappa shape index (κ1) is 8.21. The number of aromatic nitrogens is 2. The minimum Gasteiger partial charge on any atom is -0.388 e. The van der Waals surface area contributed by atoms with Gasteiger partial charge in [-0.3, -0.25) is 0 Å². The summed E-state index contributed by atoms with van der Waals surface area (Å²) in [6, 6.07) is 1.63. The second-order valence-corrected chi connectivity index (χ2v) is 3.30. The van der Waals surface area contributed by atoms with Crippen LogP contribution in [0.2, 0.25) is 0 Å². The Kier molecular flexibility index (Phi) is 1.99. The van der Waals surface area contributed by atoms with E-state index in [0.29, 0.717) is 22.3 Å². The highest BCUT2D eigenvalue weighted by molar-refractivity contribution is 7.13. The molecule has 0 amide bonds. The van der Waals surface area contributed by atoms with Crippen LogP contribution in [0.4, 0.5) is 5.13 Å². The van der Waals surface area contributed by atoms with E-state index in [-0.39, 0.29) is 6.61 Å². The fourth-order valence-electron chi connectivity index (χ4n) is 0.913. The average molecular weight is 197 g/mol. The van der Waals surface area contributed by atoms with Gasteiger partial charge < -0.3 is 15.4 Å². The number of hydrogen-bond acceptors (Lipinski definition) is 6. The lowest BCUT2D eigenvalue weighted by molar-refractivity contribution is 0.229. The first-order valence-electron chi connectivity index (χ1n) is 3.57. The summed E-state index contributed by atoms with van der Waals surface area (Å²) in [5.74, 6) is 0.418. The van der Waals surface area contributed by atoms with Gasteiger partial charge in [-0.1, -0.05) is 5.16 Å². The molecule has 68 valence electrons. The van der Waals surface area contributed by atoms with Gasteiger partial charge in [0.2, 0.25) is 0 Å². The smallest absolute Gasteiger partial charge is 0.180 e. The van der Waals surface area contributed by atoms with E-state index < -0.39 is 0 Å². The normalized spacial score (nSPS) is 10.5. The predicted molar refractivity (Wildman–Crippen MR) is 47.9 cm³/mol. The lowest BCUT2D eigenvalue weighted by Gasteiger charge is -1.82. The fraction of sp³-hybridized carbons (Fsp3) is 0.143. The molecule has 0 unspecified atom stereocenters. The van der Waals surface area contributed by atoms with Crippen molar-refractivity contribution in [2.75, 3.05) is 5.73 Å². The van der Waals surface area contributed by atoms with Crippen molar-refractivity contribution in [3.05, 3.63) is 17.2 Å². The maximum atomic E-state index is 8.73. The number of aliphatic hydroxyl groups is 1. The molecule has 0 radical (unpaired) electrons. The Morgan fingerprint density at radius 1 is 1.54 bits per heavy atom. The number of aliphatic hydroxyl groups excluding tert-OH is 1. The Bertz CT molecular complexity index is 409. The van der Waals surface area contributed by atoms with E-state index in [1.54, 1.807) is 11.4 Å². The van der Waals surface area contributed by atoms with Gasteiger partial charge in [-0.05, 0) is 0 Å².